The standard InChI is InChI=1S/C37H37Cl2N7O5/c1-37(2,3)51-36(49)46-25-14-23(25)16-27(46)34-42-30(32(39)44-34)21-11-7-19(8-12-21)18-5-9-20(10-6-18)29-31(38)43-33(41-29)26-15-22-13-24(22)45(26)28(47)17-40-35(48)50-4/h5-12,22-23,25-27H,13-17H2,1-4H3,(H2-,40,41,42,43,44,48)/p+1. The number of alkyl carbamates (subject to hydrolysis) is 1. The number of ether oxygens (including phenoxy) is 2. The van der Waals surface area contributed by atoms with Gasteiger partial charge in [0.2, 0.25) is 6.04 Å². The van der Waals surface area contributed by atoms with E-state index in [-0.39, 0.29) is 36.7 Å². The summed E-state index contributed by atoms with van der Waals surface area (Å²) in [6.45, 7) is 5.46. The number of nitrogens with zero attached hydrogens (tertiary/aromatic N) is 4. The summed E-state index contributed by atoms with van der Waals surface area (Å²) in [5, 5.41) is 3.30. The minimum Gasteiger partial charge on any atom is -0.453 e. The number of halogens is 2. The molecule has 3 amide bonds. The Bertz CT molecular complexity index is 2080. The first kappa shape index (κ1) is 33.5. The molecular weight excluding hydrogens is 693 g/mol. The first-order valence-corrected chi connectivity index (χ1v) is 17.9. The van der Waals surface area contributed by atoms with Gasteiger partial charge in [-0.05, 0) is 50.7 Å². The molecule has 5 unspecified atom stereocenters. The predicted octanol–water partition coefficient (Wildman–Crippen LogP) is 7.31. The number of aromatic amines is 2. The van der Waals surface area contributed by atoms with Crippen LogP contribution in [0.2, 0.25) is 10.3 Å². The maximum Gasteiger partial charge on any atom is 0.411 e. The summed E-state index contributed by atoms with van der Waals surface area (Å²) in [6.07, 6.45) is 2.49. The van der Waals surface area contributed by atoms with Gasteiger partial charge in [-0.1, -0.05) is 71.7 Å². The molecular formula is C37H38Cl2N7O5+. The van der Waals surface area contributed by atoms with Crippen molar-refractivity contribution in [2.24, 2.45) is 11.8 Å². The van der Waals surface area contributed by atoms with E-state index in [9.17, 15) is 14.4 Å². The van der Waals surface area contributed by atoms with Gasteiger partial charge in [-0.2, -0.15) is 4.58 Å². The maximum atomic E-state index is 13.1. The molecule has 12 nitrogen and oxygen atoms in total. The lowest BCUT2D eigenvalue weighted by Crippen LogP contribution is -2.38. The Morgan fingerprint density at radius 1 is 0.882 bits per heavy atom. The topological polar surface area (TPSA) is 145 Å². The third kappa shape index (κ3) is 6.40. The van der Waals surface area contributed by atoms with E-state index < -0.39 is 11.7 Å². The molecule has 4 heterocycles. The van der Waals surface area contributed by atoms with Crippen LogP contribution in [0.5, 0.6) is 0 Å². The zero-order chi connectivity index (χ0) is 35.8. The first-order chi connectivity index (χ1) is 24.4. The lowest BCUT2D eigenvalue weighted by Gasteiger charge is -2.29. The third-order valence-corrected chi connectivity index (χ3v) is 10.6. The maximum absolute atomic E-state index is 13.1. The van der Waals surface area contributed by atoms with Gasteiger partial charge in [-0.25, -0.2) is 24.4 Å². The Kier molecular flexibility index (Phi) is 8.22. The highest BCUT2D eigenvalue weighted by Crippen LogP contribution is 2.54. The van der Waals surface area contributed by atoms with Gasteiger partial charge in [0.25, 0.3) is 0 Å². The van der Waals surface area contributed by atoms with Crippen molar-refractivity contribution in [2.75, 3.05) is 13.7 Å². The van der Waals surface area contributed by atoms with Crippen molar-refractivity contribution < 1.29 is 28.4 Å². The molecule has 51 heavy (non-hydrogen) atoms. The van der Waals surface area contributed by atoms with Crippen molar-refractivity contribution in [2.45, 2.75) is 70.2 Å². The highest BCUT2D eigenvalue weighted by Gasteiger charge is 2.57. The number of aromatic nitrogens is 4. The lowest BCUT2D eigenvalue weighted by atomic mass is 10.0. The van der Waals surface area contributed by atoms with Crippen molar-refractivity contribution in [3.8, 4) is 33.6 Å². The van der Waals surface area contributed by atoms with Gasteiger partial charge in [0, 0.05) is 30.0 Å². The molecule has 264 valence electrons. The zero-order valence-corrected chi connectivity index (χ0v) is 30.1. The molecule has 0 spiro atoms. The number of H-pyrrole nitrogens is 2. The van der Waals surface area contributed by atoms with Gasteiger partial charge < -0.3 is 24.8 Å². The number of piperidine rings is 1. The number of rotatable bonds is 7. The molecule has 2 aliphatic carbocycles. The van der Waals surface area contributed by atoms with E-state index in [1.807, 2.05) is 74.2 Å². The molecule has 3 N–H and O–H groups in total. The Morgan fingerprint density at radius 3 is 2.04 bits per heavy atom. The van der Waals surface area contributed by atoms with E-state index in [4.69, 9.17) is 37.9 Å². The number of amides is 3. The summed E-state index contributed by atoms with van der Waals surface area (Å²) in [4.78, 5) is 55.6. The molecule has 5 atom stereocenters. The largest absolute Gasteiger partial charge is 0.453 e. The highest BCUT2D eigenvalue weighted by atomic mass is 35.5. The fourth-order valence-electron chi connectivity index (χ4n) is 7.51. The SMILES string of the molecule is COC(=O)NCC(=O)[N+]1=C2CC2CC1c1nc(-c2ccc(-c3ccc(-c4nc(C5CC6CC6N5C(=O)OC(C)(C)C)[nH]c4Cl)cc3)cc2)c(Cl)[nH]1. The minimum atomic E-state index is -0.653. The molecule has 2 aliphatic heterocycles. The Labute approximate surface area is 304 Å². The summed E-state index contributed by atoms with van der Waals surface area (Å²) < 4.78 is 12.0. The van der Waals surface area contributed by atoms with E-state index in [0.717, 1.165) is 53.6 Å². The summed E-state index contributed by atoms with van der Waals surface area (Å²) in [5.41, 5.74) is 5.44. The van der Waals surface area contributed by atoms with E-state index in [0.29, 0.717) is 45.2 Å². The molecule has 14 heteroatoms. The van der Waals surface area contributed by atoms with Gasteiger partial charge in [-0.3, -0.25) is 4.90 Å². The number of carbonyl (C=O) groups is 3. The highest BCUT2D eigenvalue weighted by molar-refractivity contribution is 6.32. The third-order valence-electron chi connectivity index (χ3n) is 10.1. The normalized spacial score (nSPS) is 23.2. The number of nitrogens with one attached hydrogen (secondary N) is 3. The first-order valence-electron chi connectivity index (χ1n) is 17.1. The minimum absolute atomic E-state index is 0.158. The summed E-state index contributed by atoms with van der Waals surface area (Å²) >= 11 is 13.3. The van der Waals surface area contributed by atoms with Gasteiger partial charge >= 0.3 is 18.1 Å². The average molecular weight is 732 g/mol. The van der Waals surface area contributed by atoms with Gasteiger partial charge in [-0.15, -0.1) is 0 Å². The molecule has 0 radical (unpaired) electrons. The summed E-state index contributed by atoms with van der Waals surface area (Å²) in [6, 6.07) is 15.7. The van der Waals surface area contributed by atoms with Crippen LogP contribution in [0, 0.1) is 11.8 Å². The van der Waals surface area contributed by atoms with Crippen molar-refractivity contribution in [3.63, 3.8) is 0 Å². The Balaban J connectivity index is 0.960. The molecule has 2 aromatic carbocycles. The quantitative estimate of drug-likeness (QED) is 0.169. The van der Waals surface area contributed by atoms with Gasteiger partial charge in [0.05, 0.1) is 19.1 Å². The molecule has 0 bridgehead atoms. The van der Waals surface area contributed by atoms with Crippen molar-refractivity contribution >= 4 is 47.0 Å². The van der Waals surface area contributed by atoms with Crippen LogP contribution < -0.4 is 5.32 Å². The number of benzene rings is 2. The second-order valence-electron chi connectivity index (χ2n) is 14.7. The summed E-state index contributed by atoms with van der Waals surface area (Å²) in [7, 11) is 1.26. The van der Waals surface area contributed by atoms with E-state index in [2.05, 4.69) is 20.0 Å². The van der Waals surface area contributed by atoms with Crippen LogP contribution >= 0.6 is 23.2 Å². The zero-order valence-electron chi connectivity index (χ0n) is 28.6. The number of likely N-dealkylation sites (tertiary alicyclic amines) is 1. The van der Waals surface area contributed by atoms with E-state index >= 15 is 0 Å². The number of hydrogen-bond donors (Lipinski definition) is 3. The fraction of sp³-hybridized carbons (Fsp3) is 0.405. The molecule has 4 aliphatic rings. The van der Waals surface area contributed by atoms with Crippen LogP contribution in [-0.4, -0.2) is 78.5 Å². The molecule has 2 aromatic heterocycles. The molecule has 3 fully saturated rings. The van der Waals surface area contributed by atoms with Crippen molar-refractivity contribution in [1.29, 1.82) is 0 Å². The number of hydrogen-bond acceptors (Lipinski definition) is 7. The van der Waals surface area contributed by atoms with Crippen LogP contribution in [0.15, 0.2) is 48.5 Å². The second-order valence-corrected chi connectivity index (χ2v) is 15.4. The number of methoxy groups -OCH3 is 1. The Morgan fingerprint density at radius 2 is 1.45 bits per heavy atom. The van der Waals surface area contributed by atoms with Crippen LogP contribution in [0.4, 0.5) is 9.59 Å². The number of imidazole rings is 2. The lowest BCUT2D eigenvalue weighted by molar-refractivity contribution is -0.488. The van der Waals surface area contributed by atoms with Crippen LogP contribution in [0.3, 0.4) is 0 Å². The smallest absolute Gasteiger partial charge is 0.411 e. The van der Waals surface area contributed by atoms with Gasteiger partial charge in [0.15, 0.2) is 11.5 Å². The van der Waals surface area contributed by atoms with Crippen molar-refractivity contribution in [3.05, 3.63) is 70.5 Å². The van der Waals surface area contributed by atoms with Crippen LogP contribution in [0.1, 0.15) is 70.2 Å². The summed E-state index contributed by atoms with van der Waals surface area (Å²) in [5.74, 6) is 1.88. The fourth-order valence-corrected chi connectivity index (χ4v) is 8.01. The van der Waals surface area contributed by atoms with E-state index in [1.165, 1.54) is 7.11 Å². The number of carbonyl (C=O) groups excluding carboxylic acids is 3. The average Bonchev–Trinajstić information content (AvgIpc) is 3.80. The molecule has 8 rings (SSSR count). The Hall–Kier alpha value is -4.68. The van der Waals surface area contributed by atoms with Crippen LogP contribution in [0.25, 0.3) is 33.6 Å². The number of fused-ring (bicyclic) bond motifs is 2. The second kappa shape index (κ2) is 12.5. The molecule has 4 aromatic rings. The van der Waals surface area contributed by atoms with E-state index in [1.54, 1.807) is 4.58 Å². The van der Waals surface area contributed by atoms with Crippen LogP contribution in [-0.2, 0) is 14.3 Å². The molecule has 2 saturated carbocycles. The van der Waals surface area contributed by atoms with Crippen molar-refractivity contribution in [1.82, 2.24) is 30.2 Å². The van der Waals surface area contributed by atoms with Gasteiger partial charge in [0.1, 0.15) is 39.7 Å². The molecule has 1 saturated heterocycles. The predicted molar refractivity (Wildman–Crippen MR) is 191 cm³/mol. The monoisotopic (exact) mass is 730 g/mol.